The number of ketones is 2. The number of imide groups is 2. The topological polar surface area (TPSA) is 218 Å². The van der Waals surface area contributed by atoms with E-state index in [1.54, 1.807) is 86.7 Å². The highest BCUT2D eigenvalue weighted by atomic mass is 32.2. The van der Waals surface area contributed by atoms with Gasteiger partial charge < -0.3 is 32.8 Å². The fourth-order valence-electron chi connectivity index (χ4n) is 8.99. The summed E-state index contributed by atoms with van der Waals surface area (Å²) >= 11 is 4.41. The lowest BCUT2D eigenvalue weighted by molar-refractivity contribution is -0.124. The standard InChI is InChI=1S/C37H29N3O5S2.C27H32N4O6S2/c1-2-3-22-40-35(43)32(46-37(40)44)24-28-20-21-33(45-28)47-36-38-29-13-7-8-14-30(29)39(36)23-10-9-15-31(41)25-16-18-27(19-17-25)34(42)26-11-5-4-6-12-26;1-4-12-35-14-15-36-13-11-28-23(32)17-30-21-8-6-5-7-20(21)29-26(30)39-24-10-9-19(37-24)16-22-25(33)31(18(2)3)27(34)38-22/h1,4-8,11-14,16-21,24H,3,9-10,15,22-23H2;5-10,16,18H,4,11-15,17H2,1-3H3,(H,28,32)/b32-24-;22-16-. The van der Waals surface area contributed by atoms with E-state index in [2.05, 4.69) is 22.7 Å². The second-order valence-corrected chi connectivity index (χ2v) is 23.6. The van der Waals surface area contributed by atoms with Crippen LogP contribution in [0.5, 0.6) is 0 Å². The predicted molar refractivity (Wildman–Crippen MR) is 334 cm³/mol. The van der Waals surface area contributed by atoms with Gasteiger partial charge in [0, 0.05) is 74.0 Å². The van der Waals surface area contributed by atoms with E-state index in [9.17, 15) is 33.6 Å². The number of imidazole rings is 2. The molecule has 6 heterocycles. The zero-order chi connectivity index (χ0) is 60.5. The lowest BCUT2D eigenvalue weighted by Gasteiger charge is -2.16. The Labute approximate surface area is 513 Å². The average molecular weight is 1230 g/mol. The molecule has 0 atom stereocenters. The molecular formula is C64H61N7O11S4. The number of carbonyl (C=O) groups is 7. The van der Waals surface area contributed by atoms with Crippen molar-refractivity contribution in [3.63, 3.8) is 0 Å². The molecule has 2 fully saturated rings. The monoisotopic (exact) mass is 1230 g/mol. The van der Waals surface area contributed by atoms with E-state index >= 15 is 0 Å². The van der Waals surface area contributed by atoms with Crippen LogP contribution in [0.2, 0.25) is 0 Å². The highest BCUT2D eigenvalue weighted by Gasteiger charge is 2.37. The maximum atomic E-state index is 12.9. The molecule has 0 bridgehead atoms. The molecule has 10 rings (SSSR count). The Bertz CT molecular complexity index is 3870. The van der Waals surface area contributed by atoms with Gasteiger partial charge in [0.15, 0.2) is 32.1 Å². The summed E-state index contributed by atoms with van der Waals surface area (Å²) in [7, 11) is 0. The zero-order valence-corrected chi connectivity index (χ0v) is 50.7. The van der Waals surface area contributed by atoms with Crippen molar-refractivity contribution in [2.45, 2.75) is 92.5 Å². The van der Waals surface area contributed by atoms with Gasteiger partial charge in [0.1, 0.15) is 18.1 Å². The van der Waals surface area contributed by atoms with Crippen LogP contribution >= 0.6 is 47.0 Å². The van der Waals surface area contributed by atoms with Gasteiger partial charge in [-0.3, -0.25) is 43.4 Å². The Kier molecular flexibility index (Phi) is 21.9. The van der Waals surface area contributed by atoms with Crippen molar-refractivity contribution in [2.24, 2.45) is 0 Å². The molecule has 0 saturated carbocycles. The Morgan fingerprint density at radius 3 is 1.83 bits per heavy atom. The smallest absolute Gasteiger partial charge is 0.293 e. The minimum Gasteiger partial charge on any atom is -0.450 e. The highest BCUT2D eigenvalue weighted by Crippen LogP contribution is 2.38. The number of hydrogen-bond acceptors (Lipinski definition) is 17. The Morgan fingerprint density at radius 1 is 0.651 bits per heavy atom. The quantitative estimate of drug-likeness (QED) is 0.0219. The van der Waals surface area contributed by atoms with Gasteiger partial charge in [0.2, 0.25) is 5.91 Å². The molecule has 1 N–H and O–H groups in total. The first-order chi connectivity index (χ1) is 41.8. The summed E-state index contributed by atoms with van der Waals surface area (Å²) in [4.78, 5) is 100. The van der Waals surface area contributed by atoms with Crippen LogP contribution in [0, 0.1) is 12.3 Å². The molecule has 86 heavy (non-hydrogen) atoms. The van der Waals surface area contributed by atoms with Gasteiger partial charge in [-0.2, -0.15) is 0 Å². The van der Waals surface area contributed by atoms with E-state index in [0.29, 0.717) is 107 Å². The number of para-hydroxylation sites is 4. The van der Waals surface area contributed by atoms with E-state index in [1.165, 1.54) is 28.4 Å². The number of nitrogens with one attached hydrogen (secondary N) is 1. The molecule has 0 radical (unpaired) electrons. The average Bonchev–Trinajstić information content (AvgIpc) is 2.61. The normalized spacial score (nSPS) is 14.3. The van der Waals surface area contributed by atoms with Crippen molar-refractivity contribution in [3.05, 3.63) is 165 Å². The minimum absolute atomic E-state index is 0.0332. The molecule has 8 aromatic rings. The van der Waals surface area contributed by atoms with Gasteiger partial charge in [-0.05, 0) is 129 Å². The van der Waals surface area contributed by atoms with Crippen LogP contribution in [0.4, 0.5) is 9.59 Å². The second-order valence-electron chi connectivity index (χ2n) is 19.7. The van der Waals surface area contributed by atoms with Crippen molar-refractivity contribution in [2.75, 3.05) is 39.5 Å². The molecule has 2 saturated heterocycles. The zero-order valence-electron chi connectivity index (χ0n) is 47.4. The first-order valence-corrected chi connectivity index (χ1v) is 31.1. The maximum Gasteiger partial charge on any atom is 0.293 e. The van der Waals surface area contributed by atoms with Crippen LogP contribution in [0.25, 0.3) is 34.2 Å². The molecule has 442 valence electrons. The Morgan fingerprint density at radius 2 is 1.21 bits per heavy atom. The number of ether oxygens (including phenoxy) is 2. The minimum atomic E-state index is -0.378. The number of carbonyl (C=O) groups excluding carboxylic acids is 7. The number of rotatable bonds is 27. The number of benzene rings is 4. The third-order valence-corrected chi connectivity index (χ3v) is 16.8. The van der Waals surface area contributed by atoms with E-state index in [0.717, 1.165) is 68.5 Å². The number of hydrogen-bond donors (Lipinski definition) is 1. The summed E-state index contributed by atoms with van der Waals surface area (Å²) in [5, 5.41) is 4.71. The van der Waals surface area contributed by atoms with Gasteiger partial charge in [-0.25, -0.2) is 9.97 Å². The molecular weight excluding hydrogens is 1170 g/mol. The number of amides is 5. The third kappa shape index (κ3) is 16.0. The Hall–Kier alpha value is -8.17. The van der Waals surface area contributed by atoms with Crippen LogP contribution in [0.15, 0.2) is 167 Å². The summed E-state index contributed by atoms with van der Waals surface area (Å²) in [6.07, 6.45) is 11.5. The number of aromatic nitrogens is 4. The highest BCUT2D eigenvalue weighted by molar-refractivity contribution is 8.18. The largest absolute Gasteiger partial charge is 0.450 e. The van der Waals surface area contributed by atoms with Crippen LogP contribution < -0.4 is 5.32 Å². The van der Waals surface area contributed by atoms with Crippen molar-refractivity contribution in [3.8, 4) is 12.3 Å². The molecule has 0 unspecified atom stereocenters. The van der Waals surface area contributed by atoms with Crippen molar-refractivity contribution in [1.82, 2.24) is 34.2 Å². The summed E-state index contributed by atoms with van der Waals surface area (Å²) in [5.74, 6) is 2.45. The van der Waals surface area contributed by atoms with Gasteiger partial charge in [-0.15, -0.1) is 12.3 Å². The number of fused-ring (bicyclic) bond motifs is 2. The Balaban J connectivity index is 0.000000209. The lowest BCUT2D eigenvalue weighted by Crippen LogP contribution is -2.34. The number of furan rings is 2. The van der Waals surface area contributed by atoms with Crippen LogP contribution in [0.3, 0.4) is 0 Å². The number of aryl methyl sites for hydroxylation is 1. The van der Waals surface area contributed by atoms with Crippen LogP contribution in [-0.4, -0.2) is 114 Å². The van der Waals surface area contributed by atoms with Gasteiger partial charge in [-0.1, -0.05) is 85.8 Å². The molecule has 22 heteroatoms. The summed E-state index contributed by atoms with van der Waals surface area (Å²) < 4.78 is 26.7. The summed E-state index contributed by atoms with van der Waals surface area (Å²) in [6.45, 7) is 9.11. The fraction of sp³-hybridized carbons (Fsp3) is 0.266. The first kappa shape index (κ1) is 62.4. The van der Waals surface area contributed by atoms with E-state index in [-0.39, 0.29) is 63.8 Å². The molecule has 2 aliphatic heterocycles. The number of terminal acetylenes is 1. The second kappa shape index (κ2) is 30.3. The molecule has 4 aromatic carbocycles. The number of nitrogens with zero attached hydrogens (tertiary/aromatic N) is 6. The molecule has 2 aliphatic rings. The SMILES string of the molecule is C#CCCN1C(=O)S/C(=C\c2ccc(Sc3nc4ccccc4n3CCCCC(=O)c3ccc(C(=O)c4ccccc4)cc3)o2)C1=O.CCCOCCOCCNC(=O)Cn1c(Sc2ccc(/C=C3\SC(=O)N(C(C)C)C3=O)o2)nc2ccccc21. The van der Waals surface area contributed by atoms with Crippen molar-refractivity contribution < 1.29 is 51.9 Å². The molecule has 0 spiro atoms. The molecule has 5 amide bonds. The first-order valence-electron chi connectivity index (χ1n) is 27.9. The number of Topliss-reactive ketones (excluding diaryl/α,β-unsaturated/α-hetero) is 1. The van der Waals surface area contributed by atoms with E-state index in [4.69, 9.17) is 34.7 Å². The third-order valence-electron chi connectivity index (χ3n) is 13.2. The van der Waals surface area contributed by atoms with Crippen molar-refractivity contribution >= 4 is 121 Å². The fourth-order valence-corrected chi connectivity index (χ4v) is 12.5. The molecule has 0 aliphatic carbocycles. The van der Waals surface area contributed by atoms with Gasteiger partial charge in [0.05, 0.1) is 51.7 Å². The van der Waals surface area contributed by atoms with Crippen LogP contribution in [-0.2, 0) is 36.9 Å². The predicted octanol–water partition coefficient (Wildman–Crippen LogP) is 12.9. The lowest BCUT2D eigenvalue weighted by atomic mass is 9.99. The number of thioether (sulfide) groups is 2. The summed E-state index contributed by atoms with van der Waals surface area (Å²) in [5.41, 5.74) is 5.17. The van der Waals surface area contributed by atoms with Crippen molar-refractivity contribution in [1.29, 1.82) is 0 Å². The summed E-state index contributed by atoms with van der Waals surface area (Å²) in [6, 6.07) is 38.2. The van der Waals surface area contributed by atoms with E-state index in [1.807, 2.05) is 71.3 Å². The van der Waals surface area contributed by atoms with Gasteiger partial charge in [0.25, 0.3) is 22.3 Å². The van der Waals surface area contributed by atoms with Crippen LogP contribution in [0.1, 0.15) is 90.7 Å². The molecule has 18 nitrogen and oxygen atoms in total. The van der Waals surface area contributed by atoms with E-state index < -0.39 is 0 Å². The maximum absolute atomic E-state index is 12.9. The molecule has 4 aromatic heterocycles. The van der Waals surface area contributed by atoms with Gasteiger partial charge >= 0.3 is 0 Å². The number of unbranched alkanes of at least 4 members (excludes halogenated alkanes) is 1.